The molecular weight excluding hydrogens is 455 g/mol. The molecule has 3 rings (SSSR count). The summed E-state index contributed by atoms with van der Waals surface area (Å²) in [7, 11) is 2.74. The van der Waals surface area contributed by atoms with Gasteiger partial charge in [0.2, 0.25) is 0 Å². The number of rotatable bonds is 4. The van der Waals surface area contributed by atoms with E-state index < -0.39 is 81.3 Å². The van der Waals surface area contributed by atoms with Crippen molar-refractivity contribution in [1.82, 2.24) is 0 Å². The number of hydrogen-bond donors (Lipinski definition) is 0. The van der Waals surface area contributed by atoms with Crippen molar-refractivity contribution in [3.05, 3.63) is 82.4 Å². The highest BCUT2D eigenvalue weighted by atomic mass is 19.2. The summed E-state index contributed by atoms with van der Waals surface area (Å²) >= 11 is 0. The molecule has 0 saturated heterocycles. The highest BCUT2D eigenvalue weighted by molar-refractivity contribution is 6.96. The first-order valence-electron chi connectivity index (χ1n) is 8.70. The molecule has 32 heavy (non-hydrogen) atoms. The van der Waals surface area contributed by atoms with Crippen molar-refractivity contribution in [2.45, 2.75) is 0 Å². The summed E-state index contributed by atoms with van der Waals surface area (Å²) in [5.41, 5.74) is -4.09. The van der Waals surface area contributed by atoms with Crippen LogP contribution in [0.1, 0.15) is 0 Å². The maximum Gasteiger partial charge on any atom is 0.200 e. The molecule has 0 fully saturated rings. The maximum absolute atomic E-state index is 14.7. The topological polar surface area (TPSA) is 3.24 Å². The second-order valence-corrected chi connectivity index (χ2v) is 6.85. The number of anilines is 1. The largest absolute Gasteiger partial charge is 0.380 e. The molecule has 0 aliphatic carbocycles. The molecule has 0 N–H and O–H groups in total. The van der Waals surface area contributed by atoms with Crippen molar-refractivity contribution in [3.8, 4) is 0 Å². The van der Waals surface area contributed by atoms with Crippen molar-refractivity contribution in [2.24, 2.45) is 0 Å². The standard InChI is InChI=1S/C20H10BF10N/c1-32(2)8-6-4-3-5-7(8)21(9-11(22)15(26)19(30)16(27)12(9)23)10-13(24)17(28)20(31)18(29)14(10)25/h3-6H,1-2H3/q-1. The van der Waals surface area contributed by atoms with Crippen LogP contribution in [0.2, 0.25) is 0 Å². The average molecular weight is 465 g/mol. The molecular formula is C20H10BF10N-. The third-order valence-corrected chi connectivity index (χ3v) is 4.79. The minimum absolute atomic E-state index is 0.0506. The van der Waals surface area contributed by atoms with Gasteiger partial charge in [-0.15, -0.1) is 0 Å². The van der Waals surface area contributed by atoms with Gasteiger partial charge in [0.25, 0.3) is 0 Å². The second-order valence-electron chi connectivity index (χ2n) is 6.85. The van der Waals surface area contributed by atoms with E-state index in [0.717, 1.165) is 6.07 Å². The molecule has 0 aliphatic heterocycles. The fourth-order valence-electron chi connectivity index (χ4n) is 3.34. The zero-order valence-electron chi connectivity index (χ0n) is 16.1. The fourth-order valence-corrected chi connectivity index (χ4v) is 3.34. The molecule has 0 heterocycles. The van der Waals surface area contributed by atoms with Crippen LogP contribution in [0.25, 0.3) is 0 Å². The molecule has 1 radical (unpaired) electrons. The molecule has 3 aromatic rings. The molecule has 12 heteroatoms. The monoisotopic (exact) mass is 465 g/mol. The Morgan fingerprint density at radius 3 is 1.16 bits per heavy atom. The minimum Gasteiger partial charge on any atom is -0.380 e. The third kappa shape index (κ3) is 3.47. The van der Waals surface area contributed by atoms with E-state index in [-0.39, 0.29) is 5.69 Å². The van der Waals surface area contributed by atoms with Gasteiger partial charge in [0, 0.05) is 14.1 Å². The number of benzene rings is 3. The van der Waals surface area contributed by atoms with Crippen LogP contribution >= 0.6 is 0 Å². The van der Waals surface area contributed by atoms with Crippen molar-refractivity contribution in [2.75, 3.05) is 19.0 Å². The van der Waals surface area contributed by atoms with Crippen molar-refractivity contribution >= 4 is 28.8 Å². The Morgan fingerprint density at radius 2 is 0.812 bits per heavy atom. The zero-order chi connectivity index (χ0) is 24.1. The molecule has 0 spiro atoms. The number of nitrogens with zero attached hydrogens (tertiary/aromatic N) is 1. The van der Waals surface area contributed by atoms with E-state index in [1.54, 1.807) is 0 Å². The van der Waals surface area contributed by atoms with Crippen LogP contribution in [0.4, 0.5) is 49.6 Å². The lowest BCUT2D eigenvalue weighted by Gasteiger charge is -2.35. The Morgan fingerprint density at radius 1 is 0.500 bits per heavy atom. The van der Waals surface area contributed by atoms with Gasteiger partial charge in [-0.05, 0) is 18.5 Å². The third-order valence-electron chi connectivity index (χ3n) is 4.79. The molecule has 0 bridgehead atoms. The number of halogens is 10. The molecule has 169 valence electrons. The first-order valence-corrected chi connectivity index (χ1v) is 8.70. The van der Waals surface area contributed by atoms with Gasteiger partial charge in [0.15, 0.2) is 34.9 Å². The van der Waals surface area contributed by atoms with Gasteiger partial charge in [-0.25, -0.2) is 49.4 Å². The Balaban J connectivity index is 2.58. The van der Waals surface area contributed by atoms with Crippen LogP contribution < -0.4 is 21.3 Å². The van der Waals surface area contributed by atoms with E-state index in [9.17, 15) is 43.9 Å². The zero-order valence-corrected chi connectivity index (χ0v) is 16.1. The molecule has 1 nitrogen and oxygen atoms in total. The van der Waals surface area contributed by atoms with E-state index in [0.29, 0.717) is 0 Å². The van der Waals surface area contributed by atoms with Crippen molar-refractivity contribution in [1.29, 1.82) is 0 Å². The SMILES string of the molecule is CN(C)c1ccccc1[B-](c1c(F)c(F)c(F)c(F)c1F)c1c(F)c(F)c(F)c(F)c1F. The van der Waals surface area contributed by atoms with E-state index in [1.165, 1.54) is 37.2 Å². The Hall–Kier alpha value is -3.18. The van der Waals surface area contributed by atoms with E-state index >= 15 is 0 Å². The maximum atomic E-state index is 14.7. The highest BCUT2D eigenvalue weighted by Gasteiger charge is 2.31. The molecule has 0 atom stereocenters. The van der Waals surface area contributed by atoms with E-state index in [2.05, 4.69) is 0 Å². The van der Waals surface area contributed by atoms with Gasteiger partial charge in [-0.1, -0.05) is 18.2 Å². The van der Waals surface area contributed by atoms with Crippen LogP contribution in [-0.4, -0.2) is 20.8 Å². The molecule has 0 amide bonds. The van der Waals surface area contributed by atoms with E-state index in [1.807, 2.05) is 0 Å². The first-order chi connectivity index (χ1) is 14.9. The summed E-state index contributed by atoms with van der Waals surface area (Å²) in [6.45, 7) is -2.59. The van der Waals surface area contributed by atoms with Gasteiger partial charge in [0.1, 0.15) is 23.3 Å². The van der Waals surface area contributed by atoms with Gasteiger partial charge in [-0.2, -0.15) is 10.9 Å². The summed E-state index contributed by atoms with van der Waals surface area (Å²) in [4.78, 5) is 1.25. The number of hydrogen-bond acceptors (Lipinski definition) is 1. The average Bonchev–Trinajstić information content (AvgIpc) is 2.77. The smallest absolute Gasteiger partial charge is 0.200 e. The summed E-state index contributed by atoms with van der Waals surface area (Å²) in [6.07, 6.45) is 0. The Kier molecular flexibility index (Phi) is 6.16. The highest BCUT2D eigenvalue weighted by Crippen LogP contribution is 2.22. The predicted molar refractivity (Wildman–Crippen MR) is 97.9 cm³/mol. The van der Waals surface area contributed by atoms with Gasteiger partial charge in [-0.3, -0.25) is 0 Å². The van der Waals surface area contributed by atoms with Crippen molar-refractivity contribution < 1.29 is 43.9 Å². The summed E-state index contributed by atoms with van der Waals surface area (Å²) in [5.74, 6) is -24.8. The Bertz CT molecular complexity index is 1100. The Labute approximate surface area is 175 Å². The fraction of sp³-hybridized carbons (Fsp3) is 0.100. The molecule has 0 unspecified atom stereocenters. The first kappa shape index (κ1) is 23.5. The summed E-state index contributed by atoms with van der Waals surface area (Å²) in [5, 5.41) is 0. The molecule has 0 aromatic heterocycles. The lowest BCUT2D eigenvalue weighted by Crippen LogP contribution is -2.59. The number of para-hydroxylation sites is 1. The minimum atomic E-state index is -2.59. The van der Waals surface area contributed by atoms with Crippen LogP contribution in [0.15, 0.2) is 24.3 Å². The summed E-state index contributed by atoms with van der Waals surface area (Å²) < 4.78 is 141. The van der Waals surface area contributed by atoms with E-state index in [4.69, 9.17) is 0 Å². The van der Waals surface area contributed by atoms with Crippen LogP contribution in [0.3, 0.4) is 0 Å². The molecule has 3 aromatic carbocycles. The van der Waals surface area contributed by atoms with Gasteiger partial charge in [0.05, 0.1) is 0 Å². The lowest BCUT2D eigenvalue weighted by molar-refractivity contribution is 0.382. The predicted octanol–water partition coefficient (Wildman–Crippen LogP) is 3.66. The molecule has 0 aliphatic rings. The van der Waals surface area contributed by atoms with Crippen molar-refractivity contribution in [3.63, 3.8) is 0 Å². The normalized spacial score (nSPS) is 11.4. The summed E-state index contributed by atoms with van der Waals surface area (Å²) in [6, 6.07) is 4.80. The lowest BCUT2D eigenvalue weighted by atomic mass is 9.35. The molecule has 0 saturated carbocycles. The van der Waals surface area contributed by atoms with Crippen LogP contribution in [-0.2, 0) is 0 Å². The second kappa shape index (κ2) is 8.40. The van der Waals surface area contributed by atoms with Crippen LogP contribution in [0.5, 0.6) is 0 Å². The van der Waals surface area contributed by atoms with Crippen LogP contribution in [0, 0.1) is 58.2 Å². The quantitative estimate of drug-likeness (QED) is 0.246. The van der Waals surface area contributed by atoms with Gasteiger partial charge < -0.3 is 4.90 Å². The van der Waals surface area contributed by atoms with Gasteiger partial charge >= 0.3 is 0 Å².